The molecule has 0 aromatic rings. The van der Waals surface area contributed by atoms with E-state index in [0.717, 1.165) is 6.21 Å². The second-order valence-electron chi connectivity index (χ2n) is 2.89. The number of primary amides is 1. The molecule has 3 N–H and O–H groups in total. The maximum atomic E-state index is 11.0. The molecule has 1 amide bonds. The standard InChI is InChI=1S/C10H12N2O2.C2H4/c1-7(6-11)9(10(12)13)14-8-4-2-3-5-8;1-2/h2-4,6,11H,5H2,1H3,(H2,12,13);1-2H2/b9-7+,11-6?;. The summed E-state index contributed by atoms with van der Waals surface area (Å²) < 4.78 is 5.28. The molecule has 86 valence electrons. The van der Waals surface area contributed by atoms with Crippen molar-refractivity contribution < 1.29 is 9.53 Å². The van der Waals surface area contributed by atoms with Crippen molar-refractivity contribution in [3.05, 3.63) is 48.5 Å². The van der Waals surface area contributed by atoms with Gasteiger partial charge >= 0.3 is 0 Å². The summed E-state index contributed by atoms with van der Waals surface area (Å²) >= 11 is 0. The fourth-order valence-corrected chi connectivity index (χ4v) is 1.03. The molecule has 0 aromatic carbocycles. The molecule has 0 atom stereocenters. The Morgan fingerprint density at radius 3 is 2.62 bits per heavy atom. The minimum absolute atomic E-state index is 0.0370. The Kier molecular flexibility index (Phi) is 6.28. The highest BCUT2D eigenvalue weighted by Crippen LogP contribution is 2.17. The predicted octanol–water partition coefficient (Wildman–Crippen LogP) is 2.06. The molecule has 0 aromatic heterocycles. The smallest absolute Gasteiger partial charge is 0.284 e. The molecule has 0 aliphatic heterocycles. The third-order valence-corrected chi connectivity index (χ3v) is 1.77. The van der Waals surface area contributed by atoms with Crippen LogP contribution in [0.15, 0.2) is 48.5 Å². The average molecular weight is 220 g/mol. The zero-order valence-corrected chi connectivity index (χ0v) is 9.32. The Morgan fingerprint density at radius 1 is 1.62 bits per heavy atom. The summed E-state index contributed by atoms with van der Waals surface area (Å²) in [5.41, 5.74) is 5.54. The molecule has 16 heavy (non-hydrogen) atoms. The Bertz CT molecular complexity index is 365. The highest BCUT2D eigenvalue weighted by Gasteiger charge is 2.12. The van der Waals surface area contributed by atoms with Crippen LogP contribution in [0.2, 0.25) is 0 Å². The molecule has 0 spiro atoms. The van der Waals surface area contributed by atoms with Crippen molar-refractivity contribution in [2.45, 2.75) is 13.3 Å². The molecule has 0 radical (unpaired) electrons. The topological polar surface area (TPSA) is 76.2 Å². The van der Waals surface area contributed by atoms with Crippen LogP contribution in [0.1, 0.15) is 13.3 Å². The average Bonchev–Trinajstić information content (AvgIpc) is 2.80. The molecular formula is C12H16N2O2. The number of nitrogens with one attached hydrogen (secondary N) is 1. The lowest BCUT2D eigenvalue weighted by Crippen LogP contribution is -2.18. The van der Waals surface area contributed by atoms with Crippen LogP contribution in [-0.2, 0) is 9.53 Å². The minimum Gasteiger partial charge on any atom is -0.455 e. The van der Waals surface area contributed by atoms with Crippen molar-refractivity contribution in [1.29, 1.82) is 5.41 Å². The second-order valence-corrected chi connectivity index (χ2v) is 2.89. The number of hydrogen-bond donors (Lipinski definition) is 2. The second kappa shape index (κ2) is 7.23. The van der Waals surface area contributed by atoms with Gasteiger partial charge in [-0.25, -0.2) is 0 Å². The number of rotatable bonds is 4. The van der Waals surface area contributed by atoms with Gasteiger partial charge in [0.15, 0.2) is 5.76 Å². The van der Waals surface area contributed by atoms with E-state index in [2.05, 4.69) is 13.2 Å². The Labute approximate surface area is 95.3 Å². The van der Waals surface area contributed by atoms with Crippen LogP contribution < -0.4 is 5.73 Å². The van der Waals surface area contributed by atoms with E-state index in [4.69, 9.17) is 15.9 Å². The van der Waals surface area contributed by atoms with Crippen molar-refractivity contribution in [3.63, 3.8) is 0 Å². The van der Waals surface area contributed by atoms with E-state index in [1.54, 1.807) is 13.0 Å². The first-order valence-corrected chi connectivity index (χ1v) is 4.70. The summed E-state index contributed by atoms with van der Waals surface area (Å²) in [6.45, 7) is 7.61. The van der Waals surface area contributed by atoms with E-state index in [1.807, 2.05) is 12.2 Å². The molecule has 1 rings (SSSR count). The normalized spacial score (nSPS) is 14.2. The number of carbonyl (C=O) groups excluding carboxylic acids is 1. The van der Waals surface area contributed by atoms with Crippen molar-refractivity contribution in [1.82, 2.24) is 0 Å². The van der Waals surface area contributed by atoms with Gasteiger partial charge in [-0.15, -0.1) is 13.2 Å². The Morgan fingerprint density at radius 2 is 2.25 bits per heavy atom. The van der Waals surface area contributed by atoms with E-state index in [1.165, 1.54) is 0 Å². The Hall–Kier alpha value is -2.10. The number of hydrogen-bond acceptors (Lipinski definition) is 3. The van der Waals surface area contributed by atoms with E-state index in [9.17, 15) is 4.79 Å². The van der Waals surface area contributed by atoms with Crippen molar-refractivity contribution in [2.24, 2.45) is 5.73 Å². The van der Waals surface area contributed by atoms with E-state index in [0.29, 0.717) is 17.8 Å². The number of carbonyl (C=O) groups is 1. The van der Waals surface area contributed by atoms with Gasteiger partial charge in [-0.1, -0.05) is 12.2 Å². The van der Waals surface area contributed by atoms with E-state index in [-0.39, 0.29) is 5.76 Å². The lowest BCUT2D eigenvalue weighted by atomic mass is 10.2. The summed E-state index contributed by atoms with van der Waals surface area (Å²) in [6.07, 6.45) is 7.21. The van der Waals surface area contributed by atoms with Gasteiger partial charge in [0.25, 0.3) is 5.91 Å². The molecule has 0 heterocycles. The summed E-state index contributed by atoms with van der Waals surface area (Å²) in [4.78, 5) is 11.0. The fourth-order valence-electron chi connectivity index (χ4n) is 1.03. The quantitative estimate of drug-likeness (QED) is 0.329. The van der Waals surface area contributed by atoms with E-state index >= 15 is 0 Å². The van der Waals surface area contributed by atoms with E-state index < -0.39 is 5.91 Å². The van der Waals surface area contributed by atoms with Gasteiger partial charge in [0.2, 0.25) is 0 Å². The van der Waals surface area contributed by atoms with Crippen LogP contribution in [0.25, 0.3) is 0 Å². The summed E-state index contributed by atoms with van der Waals surface area (Å²) in [6, 6.07) is 0. The fraction of sp³-hybridized carbons (Fsp3) is 0.167. The maximum absolute atomic E-state index is 11.0. The molecule has 0 bridgehead atoms. The largest absolute Gasteiger partial charge is 0.455 e. The molecular weight excluding hydrogens is 204 g/mol. The zero-order chi connectivity index (χ0) is 12.6. The number of allylic oxidation sites excluding steroid dienone is 4. The van der Waals surface area contributed by atoms with Gasteiger partial charge in [-0.2, -0.15) is 0 Å². The van der Waals surface area contributed by atoms with Crippen LogP contribution >= 0.6 is 0 Å². The first-order chi connectivity index (χ1) is 7.65. The molecule has 0 saturated carbocycles. The molecule has 0 saturated heterocycles. The Balaban J connectivity index is 0.00000106. The minimum atomic E-state index is -0.654. The SMILES string of the molecule is C/C(C=N)=C(\OC1=CC=CC1)C(N)=O.C=C. The first-order valence-electron chi connectivity index (χ1n) is 4.70. The van der Waals surface area contributed by atoms with Gasteiger partial charge in [-0.3, -0.25) is 4.79 Å². The summed E-state index contributed by atoms with van der Waals surface area (Å²) in [5.74, 6) is 0.0498. The summed E-state index contributed by atoms with van der Waals surface area (Å²) in [5, 5.41) is 7.00. The third-order valence-electron chi connectivity index (χ3n) is 1.77. The molecule has 1 aliphatic carbocycles. The van der Waals surface area contributed by atoms with Gasteiger partial charge < -0.3 is 15.9 Å². The maximum Gasteiger partial charge on any atom is 0.284 e. The molecule has 1 aliphatic rings. The third kappa shape index (κ3) is 3.96. The highest BCUT2D eigenvalue weighted by atomic mass is 16.5. The zero-order valence-electron chi connectivity index (χ0n) is 9.32. The molecule has 4 nitrogen and oxygen atoms in total. The van der Waals surface area contributed by atoms with Gasteiger partial charge in [-0.05, 0) is 13.0 Å². The van der Waals surface area contributed by atoms with Crippen LogP contribution in [0.4, 0.5) is 0 Å². The highest BCUT2D eigenvalue weighted by molar-refractivity contribution is 5.96. The lowest BCUT2D eigenvalue weighted by molar-refractivity contribution is -0.117. The monoisotopic (exact) mass is 220 g/mol. The molecule has 0 unspecified atom stereocenters. The molecule has 0 fully saturated rings. The van der Waals surface area contributed by atoms with Crippen molar-refractivity contribution >= 4 is 12.1 Å². The van der Waals surface area contributed by atoms with Gasteiger partial charge in [0.1, 0.15) is 5.76 Å². The number of ether oxygens (including phenoxy) is 1. The van der Waals surface area contributed by atoms with Crippen molar-refractivity contribution in [2.75, 3.05) is 0 Å². The summed E-state index contributed by atoms with van der Waals surface area (Å²) in [7, 11) is 0. The number of nitrogens with two attached hydrogens (primary N) is 1. The lowest BCUT2D eigenvalue weighted by Gasteiger charge is -2.08. The number of amides is 1. The molecule has 4 heteroatoms. The van der Waals surface area contributed by atoms with Crippen LogP contribution in [-0.4, -0.2) is 12.1 Å². The van der Waals surface area contributed by atoms with Gasteiger partial charge in [0, 0.05) is 18.2 Å². The van der Waals surface area contributed by atoms with Crippen LogP contribution in [0.5, 0.6) is 0 Å². The van der Waals surface area contributed by atoms with Crippen LogP contribution in [0.3, 0.4) is 0 Å². The van der Waals surface area contributed by atoms with Crippen LogP contribution in [0, 0.1) is 5.41 Å². The van der Waals surface area contributed by atoms with Crippen molar-refractivity contribution in [3.8, 4) is 0 Å². The first kappa shape index (κ1) is 13.9. The predicted molar refractivity (Wildman–Crippen MR) is 64.9 cm³/mol. The van der Waals surface area contributed by atoms with Gasteiger partial charge in [0.05, 0.1) is 0 Å².